The van der Waals surface area contributed by atoms with Crippen molar-refractivity contribution in [2.75, 3.05) is 26.2 Å². The molecule has 5 heterocycles. The Morgan fingerprint density at radius 1 is 0.580 bits per heavy atom. The monoisotopic (exact) mass is 969 g/mol. The third kappa shape index (κ3) is 14.8. The SMILES string of the molecule is CCC(C)(C)C(=O)C(=O)N1CCCC1C#N.CCC(C)(C)C(=O)C(=O)N1CCC[C@H]1C(=O)O.CCC(C)(C)C(=O)C(=O)N1CCC[C@H]1C(N)=O.CCC(C)(C)C(=O)C(=O)N1CCC[C@H]1c1nn[nH]n1. The van der Waals surface area contributed by atoms with Crippen LogP contribution in [0.3, 0.4) is 0 Å². The lowest BCUT2D eigenvalue weighted by molar-refractivity contribution is -0.154. The van der Waals surface area contributed by atoms with Crippen molar-refractivity contribution >= 4 is 58.6 Å². The third-order valence-electron chi connectivity index (χ3n) is 14.2. The Hall–Kier alpha value is -5.94. The van der Waals surface area contributed by atoms with Crippen LogP contribution in [0, 0.1) is 33.0 Å². The maximum absolute atomic E-state index is 12.3. The zero-order chi connectivity index (χ0) is 52.8. The van der Waals surface area contributed by atoms with Crippen LogP contribution < -0.4 is 5.73 Å². The Balaban J connectivity index is 0.000000316. The molecule has 0 aliphatic carbocycles. The number of carbonyl (C=O) groups is 10. The summed E-state index contributed by atoms with van der Waals surface area (Å²) in [5.74, 6) is -4.87. The van der Waals surface area contributed by atoms with E-state index in [0.717, 1.165) is 25.7 Å². The Kier molecular flexibility index (Phi) is 21.5. The van der Waals surface area contributed by atoms with Crippen molar-refractivity contribution in [1.82, 2.24) is 40.2 Å². The number of rotatable bonds is 15. The number of tetrazole rings is 1. The van der Waals surface area contributed by atoms with Crippen molar-refractivity contribution in [3.8, 4) is 6.07 Å². The van der Waals surface area contributed by atoms with Crippen LogP contribution in [0.2, 0.25) is 0 Å². The van der Waals surface area contributed by atoms with Crippen LogP contribution in [0.5, 0.6) is 0 Å². The van der Waals surface area contributed by atoms with E-state index in [1.54, 1.807) is 60.3 Å². The Morgan fingerprint density at radius 2 is 0.928 bits per heavy atom. The number of aromatic nitrogens is 4. The molecule has 21 heteroatoms. The van der Waals surface area contributed by atoms with Gasteiger partial charge in [0, 0.05) is 47.8 Å². The molecular weight excluding hydrogens is 893 g/mol. The van der Waals surface area contributed by atoms with Crippen LogP contribution in [-0.4, -0.2) is 148 Å². The van der Waals surface area contributed by atoms with E-state index in [4.69, 9.17) is 16.1 Å². The van der Waals surface area contributed by atoms with Crippen molar-refractivity contribution in [1.29, 1.82) is 5.26 Å². The second kappa shape index (κ2) is 25.1. The Morgan fingerprint density at radius 3 is 1.30 bits per heavy atom. The fourth-order valence-electron chi connectivity index (χ4n) is 7.63. The van der Waals surface area contributed by atoms with Crippen LogP contribution in [0.1, 0.15) is 172 Å². The van der Waals surface area contributed by atoms with E-state index < -0.39 is 86.9 Å². The Bertz CT molecular complexity index is 2020. The van der Waals surface area contributed by atoms with Gasteiger partial charge in [-0.3, -0.25) is 43.2 Å². The number of carboxylic acids is 1. The van der Waals surface area contributed by atoms with Crippen molar-refractivity contribution in [2.45, 2.75) is 184 Å². The number of H-pyrrole nitrogens is 1. The first-order chi connectivity index (χ1) is 32.0. The molecule has 0 aromatic carbocycles. The summed E-state index contributed by atoms with van der Waals surface area (Å²) in [6.07, 6.45) is 7.88. The minimum atomic E-state index is -1.03. The summed E-state index contributed by atoms with van der Waals surface area (Å²) < 4.78 is 0. The van der Waals surface area contributed by atoms with E-state index in [-0.39, 0.29) is 17.6 Å². The van der Waals surface area contributed by atoms with E-state index in [2.05, 4.69) is 26.7 Å². The molecule has 0 radical (unpaired) electrons. The second-order valence-corrected chi connectivity index (χ2v) is 20.5. The molecule has 0 bridgehead atoms. The van der Waals surface area contributed by atoms with Crippen LogP contribution in [0.15, 0.2) is 0 Å². The van der Waals surface area contributed by atoms with Crippen LogP contribution >= 0.6 is 0 Å². The van der Waals surface area contributed by atoms with Crippen molar-refractivity contribution in [3.63, 3.8) is 0 Å². The third-order valence-corrected chi connectivity index (χ3v) is 14.2. The fraction of sp³-hybridized carbons (Fsp3) is 0.750. The average molecular weight is 969 g/mol. The molecule has 4 saturated heterocycles. The van der Waals surface area contributed by atoms with Gasteiger partial charge in [-0.2, -0.15) is 10.5 Å². The molecular formula is C48H76N10O11. The average Bonchev–Trinajstić information content (AvgIpc) is 4.19. The number of aliphatic carboxylic acids is 1. The van der Waals surface area contributed by atoms with Crippen molar-refractivity contribution in [3.05, 3.63) is 5.82 Å². The summed E-state index contributed by atoms with van der Waals surface area (Å²) in [5, 5.41) is 31.6. The zero-order valence-electron chi connectivity index (χ0n) is 42.8. The van der Waals surface area contributed by atoms with Crippen LogP contribution in [0.4, 0.5) is 0 Å². The zero-order valence-corrected chi connectivity index (χ0v) is 42.8. The van der Waals surface area contributed by atoms with Gasteiger partial charge in [-0.15, -0.1) is 10.2 Å². The predicted octanol–water partition coefficient (Wildman–Crippen LogP) is 3.91. The fourth-order valence-corrected chi connectivity index (χ4v) is 7.63. The van der Waals surface area contributed by atoms with Gasteiger partial charge < -0.3 is 30.4 Å². The highest BCUT2D eigenvalue weighted by Crippen LogP contribution is 2.32. The largest absolute Gasteiger partial charge is 0.480 e. The number of hydrogen-bond acceptors (Lipinski definition) is 14. The molecule has 5 rings (SSSR count). The first-order valence-corrected chi connectivity index (χ1v) is 24.1. The van der Waals surface area contributed by atoms with Gasteiger partial charge in [0.15, 0.2) is 5.82 Å². The molecule has 4 aliphatic heterocycles. The Labute approximate surface area is 406 Å². The van der Waals surface area contributed by atoms with Crippen LogP contribution in [0.25, 0.3) is 0 Å². The summed E-state index contributed by atoms with van der Waals surface area (Å²) in [6, 6.07) is -0.0203. The van der Waals surface area contributed by atoms with E-state index in [1.807, 2.05) is 27.7 Å². The normalized spacial score (nSPS) is 20.3. The summed E-state index contributed by atoms with van der Waals surface area (Å²) in [5.41, 5.74) is 2.58. The number of nitrogens with two attached hydrogens (primary N) is 1. The minimum Gasteiger partial charge on any atom is -0.480 e. The van der Waals surface area contributed by atoms with Gasteiger partial charge in [0.1, 0.15) is 18.1 Å². The number of primary amides is 1. The molecule has 4 N–H and O–H groups in total. The lowest BCUT2D eigenvalue weighted by Gasteiger charge is -2.26. The predicted molar refractivity (Wildman–Crippen MR) is 251 cm³/mol. The van der Waals surface area contributed by atoms with Crippen molar-refractivity contribution in [2.24, 2.45) is 27.4 Å². The molecule has 69 heavy (non-hydrogen) atoms. The molecule has 0 spiro atoms. The summed E-state index contributed by atoms with van der Waals surface area (Å²) in [7, 11) is 0. The standard InChI is InChI=1S/C12H19N5O2.C12H20N2O3.C12H18N2O2.C12H19NO4/c1-4-12(2,3)9(18)11(19)17-7-5-6-8(17)10-13-15-16-14-10;1-4-12(2,3)9(15)11(17)14-7-5-6-8(14)10(13)16;1-4-12(2,3)10(15)11(16)14-7-5-6-9(14)8-13;1-4-12(2,3)9(14)10(15)13-7-5-6-8(13)11(16)17/h8H,4-7H2,1-3H3,(H,13,14,15,16);8H,4-7H2,1-3H3,(H2,13,16);9H,4-7H2,1-3H3;8H,4-7H2,1-3H3,(H,16,17)/t2*8-;;8-/m00.0/s1. The van der Waals surface area contributed by atoms with Gasteiger partial charge in [-0.05, 0) is 77.0 Å². The number of aromatic amines is 1. The lowest BCUT2D eigenvalue weighted by Crippen LogP contribution is -2.49. The second-order valence-electron chi connectivity index (χ2n) is 20.5. The minimum absolute atomic E-state index is 0.233. The number of likely N-dealkylation sites (tertiary alicyclic amines) is 4. The molecule has 4 fully saturated rings. The van der Waals surface area contributed by atoms with Gasteiger partial charge in [0.05, 0.1) is 12.1 Å². The highest BCUT2D eigenvalue weighted by atomic mass is 16.4. The highest BCUT2D eigenvalue weighted by Gasteiger charge is 2.44. The molecule has 5 amide bonds. The van der Waals surface area contributed by atoms with E-state index in [1.165, 1.54) is 14.7 Å². The smallest absolute Gasteiger partial charge is 0.326 e. The number of carbonyl (C=O) groups excluding carboxylic acids is 9. The van der Waals surface area contributed by atoms with Gasteiger partial charge in [-0.1, -0.05) is 88.3 Å². The first-order valence-electron chi connectivity index (χ1n) is 24.1. The summed E-state index contributed by atoms with van der Waals surface area (Å²) in [6.45, 7) is 23.4. The first kappa shape index (κ1) is 59.2. The number of amides is 5. The number of ketones is 4. The van der Waals surface area contributed by atoms with E-state index in [0.29, 0.717) is 83.4 Å². The summed E-state index contributed by atoms with van der Waals surface area (Å²) in [4.78, 5) is 124. The van der Waals surface area contributed by atoms with Gasteiger partial charge in [-0.25, -0.2) is 4.79 Å². The molecule has 21 nitrogen and oxygen atoms in total. The van der Waals surface area contributed by atoms with Gasteiger partial charge in [0.2, 0.25) is 29.0 Å². The molecule has 1 aromatic heterocycles. The van der Waals surface area contributed by atoms with E-state index >= 15 is 0 Å². The topological polar surface area (TPSA) is 308 Å². The maximum Gasteiger partial charge on any atom is 0.326 e. The molecule has 384 valence electrons. The van der Waals surface area contributed by atoms with Gasteiger partial charge in [0.25, 0.3) is 23.6 Å². The number of Topliss-reactive ketones (excluding diaryl/α,β-unsaturated/α-hetero) is 4. The molecule has 1 aromatic rings. The number of nitrogens with one attached hydrogen (secondary N) is 1. The van der Waals surface area contributed by atoms with E-state index in [9.17, 15) is 47.9 Å². The van der Waals surface area contributed by atoms with Gasteiger partial charge >= 0.3 is 5.97 Å². The number of nitrogens with zero attached hydrogens (tertiary/aromatic N) is 8. The quantitative estimate of drug-likeness (QED) is 0.210. The van der Waals surface area contributed by atoms with Crippen LogP contribution in [-0.2, 0) is 47.9 Å². The van der Waals surface area contributed by atoms with Crippen molar-refractivity contribution < 1.29 is 53.1 Å². The number of hydrogen-bond donors (Lipinski definition) is 3. The molecule has 4 aliphatic rings. The maximum atomic E-state index is 12.3. The number of carboxylic acid groups (broad SMARTS) is 1. The molecule has 4 atom stereocenters. The summed E-state index contributed by atoms with van der Waals surface area (Å²) >= 11 is 0. The highest BCUT2D eigenvalue weighted by molar-refractivity contribution is 6.39. The lowest BCUT2D eigenvalue weighted by atomic mass is 9.84. The molecule has 0 saturated carbocycles. The number of nitriles is 1. The molecule has 1 unspecified atom stereocenters.